The molecule has 0 aliphatic carbocycles. The topological polar surface area (TPSA) is 62.6 Å². The third-order valence-corrected chi connectivity index (χ3v) is 3.61. The van der Waals surface area contributed by atoms with Crippen molar-refractivity contribution in [2.24, 2.45) is 0 Å². The Kier molecular flexibility index (Phi) is 6.12. The number of furan rings is 1. The number of benzene rings is 1. The molecule has 2 amide bonds. The smallest absolute Gasteiger partial charge is 0.257 e. The normalized spacial score (nSPS) is 10.5. The predicted molar refractivity (Wildman–Crippen MR) is 89.3 cm³/mol. The summed E-state index contributed by atoms with van der Waals surface area (Å²) in [5, 5.41) is 2.69. The Morgan fingerprint density at radius 2 is 1.88 bits per heavy atom. The number of anilines is 1. The first-order valence-corrected chi connectivity index (χ1v) is 7.90. The van der Waals surface area contributed by atoms with Gasteiger partial charge in [-0.2, -0.15) is 0 Å². The van der Waals surface area contributed by atoms with Crippen molar-refractivity contribution in [2.75, 3.05) is 18.4 Å². The van der Waals surface area contributed by atoms with Crippen LogP contribution < -0.4 is 5.32 Å². The van der Waals surface area contributed by atoms with Gasteiger partial charge in [0, 0.05) is 25.2 Å². The van der Waals surface area contributed by atoms with Crippen LogP contribution in [0.3, 0.4) is 0 Å². The highest BCUT2D eigenvalue weighted by Gasteiger charge is 2.19. The highest BCUT2D eigenvalue weighted by molar-refractivity contribution is 5.96. The Balaban J connectivity index is 1.93. The lowest BCUT2D eigenvalue weighted by atomic mass is 10.2. The molecule has 0 unspecified atom stereocenters. The minimum Gasteiger partial charge on any atom is -0.469 e. The Labute approximate surface area is 140 Å². The van der Waals surface area contributed by atoms with E-state index in [4.69, 9.17) is 4.42 Å². The molecule has 0 saturated heterocycles. The van der Waals surface area contributed by atoms with Gasteiger partial charge < -0.3 is 14.6 Å². The predicted octanol–water partition coefficient (Wildman–Crippen LogP) is 3.61. The molecule has 2 aromatic rings. The number of carbonyl (C=O) groups excluding carboxylic acids is 2. The van der Waals surface area contributed by atoms with Crippen LogP contribution in [0.5, 0.6) is 0 Å². The maximum Gasteiger partial charge on any atom is 0.257 e. The highest BCUT2D eigenvalue weighted by Crippen LogP contribution is 2.13. The molecule has 1 heterocycles. The molecule has 24 heavy (non-hydrogen) atoms. The van der Waals surface area contributed by atoms with Gasteiger partial charge in [-0.05, 0) is 43.7 Å². The second kappa shape index (κ2) is 8.29. The molecule has 128 valence electrons. The molecule has 6 heteroatoms. The summed E-state index contributed by atoms with van der Waals surface area (Å²) in [6, 6.07) is 7.20. The number of amides is 2. The van der Waals surface area contributed by atoms with Gasteiger partial charge in [0.25, 0.3) is 5.91 Å². The summed E-state index contributed by atoms with van der Waals surface area (Å²) >= 11 is 0. The van der Waals surface area contributed by atoms with Crippen LogP contribution in [-0.4, -0.2) is 29.8 Å². The molecule has 0 bridgehead atoms. The summed E-state index contributed by atoms with van der Waals surface area (Å²) in [6.07, 6.45) is 2.44. The molecule has 0 saturated carbocycles. The molecule has 0 spiro atoms. The lowest BCUT2D eigenvalue weighted by molar-refractivity contribution is -0.116. The van der Waals surface area contributed by atoms with E-state index in [-0.39, 0.29) is 24.1 Å². The standard InChI is InChI=1S/C18H21FN2O3/c1-3-10-21(18(23)16-9-12-24-13(16)2)11-8-17(22)20-15-6-4-14(19)5-7-15/h4-7,9,12H,3,8,10-11H2,1-2H3,(H,20,22). The van der Waals surface area contributed by atoms with Crippen LogP contribution in [0.25, 0.3) is 0 Å². The van der Waals surface area contributed by atoms with Gasteiger partial charge in [-0.15, -0.1) is 0 Å². The molecule has 0 aliphatic heterocycles. The van der Waals surface area contributed by atoms with Crippen molar-refractivity contribution in [3.8, 4) is 0 Å². The third kappa shape index (κ3) is 4.68. The van der Waals surface area contributed by atoms with Crippen LogP contribution in [0.15, 0.2) is 41.0 Å². The fraction of sp³-hybridized carbons (Fsp3) is 0.333. The van der Waals surface area contributed by atoms with Gasteiger partial charge in [0.15, 0.2) is 0 Å². The number of hydrogen-bond acceptors (Lipinski definition) is 3. The largest absolute Gasteiger partial charge is 0.469 e. The first kappa shape index (κ1) is 17.7. The summed E-state index contributed by atoms with van der Waals surface area (Å²) in [5.41, 5.74) is 1.04. The quantitative estimate of drug-likeness (QED) is 0.842. The Bertz CT molecular complexity index is 695. The summed E-state index contributed by atoms with van der Waals surface area (Å²) in [7, 11) is 0. The second-order valence-electron chi connectivity index (χ2n) is 5.49. The van der Waals surface area contributed by atoms with Gasteiger partial charge in [-0.3, -0.25) is 9.59 Å². The van der Waals surface area contributed by atoms with Gasteiger partial charge in [-0.1, -0.05) is 6.92 Å². The van der Waals surface area contributed by atoms with Crippen LogP contribution in [0, 0.1) is 12.7 Å². The maximum absolute atomic E-state index is 12.9. The number of aryl methyl sites for hydroxylation is 1. The number of halogens is 1. The maximum atomic E-state index is 12.9. The molecule has 1 aromatic carbocycles. The van der Waals surface area contributed by atoms with E-state index >= 15 is 0 Å². The van der Waals surface area contributed by atoms with Gasteiger partial charge in [0.05, 0.1) is 11.8 Å². The zero-order valence-electron chi connectivity index (χ0n) is 13.8. The Hall–Kier alpha value is -2.63. The molecule has 1 N–H and O–H groups in total. The van der Waals surface area contributed by atoms with Gasteiger partial charge in [-0.25, -0.2) is 4.39 Å². The van der Waals surface area contributed by atoms with Crippen molar-refractivity contribution in [1.82, 2.24) is 4.90 Å². The summed E-state index contributed by atoms with van der Waals surface area (Å²) in [4.78, 5) is 26.2. The van der Waals surface area contributed by atoms with E-state index in [2.05, 4.69) is 5.32 Å². The minimum absolute atomic E-state index is 0.141. The molecule has 0 fully saturated rings. The number of hydrogen-bond donors (Lipinski definition) is 1. The fourth-order valence-electron chi connectivity index (χ4n) is 2.36. The van der Waals surface area contributed by atoms with Crippen molar-refractivity contribution in [2.45, 2.75) is 26.7 Å². The number of nitrogens with zero attached hydrogens (tertiary/aromatic N) is 1. The monoisotopic (exact) mass is 332 g/mol. The van der Waals surface area contributed by atoms with E-state index in [1.165, 1.54) is 30.5 Å². The van der Waals surface area contributed by atoms with E-state index in [1.807, 2.05) is 6.92 Å². The van der Waals surface area contributed by atoms with E-state index in [1.54, 1.807) is 17.9 Å². The van der Waals surface area contributed by atoms with E-state index in [0.717, 1.165) is 6.42 Å². The van der Waals surface area contributed by atoms with Crippen LogP contribution in [0.1, 0.15) is 35.9 Å². The highest BCUT2D eigenvalue weighted by atomic mass is 19.1. The molecule has 5 nitrogen and oxygen atoms in total. The summed E-state index contributed by atoms with van der Waals surface area (Å²) in [6.45, 7) is 4.58. The Morgan fingerprint density at radius 1 is 1.17 bits per heavy atom. The molecule has 2 rings (SSSR count). The average Bonchev–Trinajstić information content (AvgIpc) is 2.99. The third-order valence-electron chi connectivity index (χ3n) is 3.61. The summed E-state index contributed by atoms with van der Waals surface area (Å²) < 4.78 is 18.0. The molecule has 0 radical (unpaired) electrons. The first-order valence-electron chi connectivity index (χ1n) is 7.90. The van der Waals surface area contributed by atoms with Crippen molar-refractivity contribution < 1.29 is 18.4 Å². The molecular formula is C18H21FN2O3. The molecular weight excluding hydrogens is 311 g/mol. The van der Waals surface area contributed by atoms with Gasteiger partial charge in [0.2, 0.25) is 5.91 Å². The molecule has 0 atom stereocenters. The number of carbonyl (C=O) groups is 2. The zero-order valence-corrected chi connectivity index (χ0v) is 13.8. The van der Waals surface area contributed by atoms with Crippen molar-refractivity contribution in [3.05, 3.63) is 53.7 Å². The van der Waals surface area contributed by atoms with E-state index < -0.39 is 0 Å². The molecule has 1 aromatic heterocycles. The lowest BCUT2D eigenvalue weighted by Crippen LogP contribution is -2.34. The Morgan fingerprint density at radius 3 is 2.46 bits per heavy atom. The van der Waals surface area contributed by atoms with Crippen LogP contribution in [0.4, 0.5) is 10.1 Å². The van der Waals surface area contributed by atoms with E-state index in [9.17, 15) is 14.0 Å². The van der Waals surface area contributed by atoms with Crippen LogP contribution in [0.2, 0.25) is 0 Å². The van der Waals surface area contributed by atoms with Gasteiger partial charge >= 0.3 is 0 Å². The second-order valence-corrected chi connectivity index (χ2v) is 5.49. The van der Waals surface area contributed by atoms with Crippen LogP contribution >= 0.6 is 0 Å². The zero-order chi connectivity index (χ0) is 17.5. The minimum atomic E-state index is -0.358. The van der Waals surface area contributed by atoms with E-state index in [0.29, 0.717) is 30.1 Å². The van der Waals surface area contributed by atoms with Crippen molar-refractivity contribution in [3.63, 3.8) is 0 Å². The van der Waals surface area contributed by atoms with Crippen molar-refractivity contribution in [1.29, 1.82) is 0 Å². The number of nitrogens with one attached hydrogen (secondary N) is 1. The van der Waals surface area contributed by atoms with Crippen molar-refractivity contribution >= 4 is 17.5 Å². The first-order chi connectivity index (χ1) is 11.5. The summed E-state index contributed by atoms with van der Waals surface area (Å²) in [5.74, 6) is -0.155. The SMILES string of the molecule is CCCN(CCC(=O)Nc1ccc(F)cc1)C(=O)c1ccoc1C. The van der Waals surface area contributed by atoms with Gasteiger partial charge in [0.1, 0.15) is 11.6 Å². The molecule has 0 aliphatic rings. The lowest BCUT2D eigenvalue weighted by Gasteiger charge is -2.21. The van der Waals surface area contributed by atoms with Crippen LogP contribution in [-0.2, 0) is 4.79 Å². The average molecular weight is 332 g/mol. The number of rotatable bonds is 7. The fourth-order valence-corrected chi connectivity index (χ4v) is 2.36.